The molecular formula is C11H12BrClFN. The van der Waals surface area contributed by atoms with Crippen LogP contribution in [-0.4, -0.2) is 6.54 Å². The molecule has 0 aliphatic heterocycles. The maximum atomic E-state index is 13.5. The summed E-state index contributed by atoms with van der Waals surface area (Å²) in [5.41, 5.74) is 6.53. The number of rotatable bonds is 2. The van der Waals surface area contributed by atoms with Gasteiger partial charge in [-0.15, -0.1) is 0 Å². The van der Waals surface area contributed by atoms with Crippen LogP contribution in [0.15, 0.2) is 16.6 Å². The van der Waals surface area contributed by atoms with E-state index in [0.717, 1.165) is 29.3 Å². The molecule has 82 valence electrons. The molecule has 0 amide bonds. The van der Waals surface area contributed by atoms with E-state index in [4.69, 9.17) is 17.3 Å². The first-order valence-electron chi connectivity index (χ1n) is 4.94. The molecule has 1 aromatic rings. The predicted octanol–water partition coefficient (Wildman–Crippen LogP) is 3.62. The molecule has 0 unspecified atom stereocenters. The van der Waals surface area contributed by atoms with E-state index in [1.807, 2.05) is 6.07 Å². The third kappa shape index (κ3) is 1.81. The number of hydrogen-bond acceptors (Lipinski definition) is 1. The minimum Gasteiger partial charge on any atom is -0.330 e. The zero-order valence-electron chi connectivity index (χ0n) is 8.19. The highest BCUT2D eigenvalue weighted by Crippen LogP contribution is 2.46. The van der Waals surface area contributed by atoms with Crippen molar-refractivity contribution in [1.82, 2.24) is 0 Å². The summed E-state index contributed by atoms with van der Waals surface area (Å²) in [6, 6.07) is 3.27. The van der Waals surface area contributed by atoms with Gasteiger partial charge in [-0.3, -0.25) is 0 Å². The van der Waals surface area contributed by atoms with Crippen LogP contribution < -0.4 is 5.73 Å². The summed E-state index contributed by atoms with van der Waals surface area (Å²) < 4.78 is 14.2. The third-order valence-electron chi connectivity index (χ3n) is 3.27. The van der Waals surface area contributed by atoms with Crippen LogP contribution in [0.2, 0.25) is 5.02 Å². The summed E-state index contributed by atoms with van der Waals surface area (Å²) in [5.74, 6) is -0.374. The molecule has 1 aliphatic rings. The van der Waals surface area contributed by atoms with Crippen molar-refractivity contribution >= 4 is 27.5 Å². The van der Waals surface area contributed by atoms with Gasteiger partial charge in [-0.1, -0.05) is 34.0 Å². The fourth-order valence-electron chi connectivity index (χ4n) is 2.13. The number of halogens is 3. The highest BCUT2D eigenvalue weighted by molar-refractivity contribution is 9.10. The van der Waals surface area contributed by atoms with Gasteiger partial charge in [0.2, 0.25) is 0 Å². The maximum Gasteiger partial charge on any atom is 0.143 e. The molecule has 0 aromatic heterocycles. The molecule has 0 saturated heterocycles. The predicted molar refractivity (Wildman–Crippen MR) is 63.7 cm³/mol. The summed E-state index contributed by atoms with van der Waals surface area (Å²) in [7, 11) is 0. The Hall–Kier alpha value is -0.120. The molecule has 1 aliphatic carbocycles. The van der Waals surface area contributed by atoms with Crippen molar-refractivity contribution in [2.75, 3.05) is 6.54 Å². The molecule has 4 heteroatoms. The summed E-state index contributed by atoms with van der Waals surface area (Å²) in [5, 5.41) is 0.225. The quantitative estimate of drug-likeness (QED) is 0.828. The van der Waals surface area contributed by atoms with E-state index in [-0.39, 0.29) is 16.3 Å². The van der Waals surface area contributed by atoms with Crippen LogP contribution in [0.25, 0.3) is 0 Å². The molecular weight excluding hydrogens is 280 g/mol. The minimum absolute atomic E-state index is 0.0955. The van der Waals surface area contributed by atoms with Gasteiger partial charge in [0.15, 0.2) is 0 Å². The fraction of sp³-hybridized carbons (Fsp3) is 0.455. The van der Waals surface area contributed by atoms with Crippen LogP contribution in [0, 0.1) is 5.82 Å². The van der Waals surface area contributed by atoms with Gasteiger partial charge in [0.25, 0.3) is 0 Å². The molecule has 0 bridgehead atoms. The fourth-order valence-corrected chi connectivity index (χ4v) is 2.87. The largest absolute Gasteiger partial charge is 0.330 e. The van der Waals surface area contributed by atoms with Gasteiger partial charge in [-0.05, 0) is 30.5 Å². The molecule has 0 atom stereocenters. The lowest BCUT2D eigenvalue weighted by Gasteiger charge is -2.42. The molecule has 1 nitrogen and oxygen atoms in total. The smallest absolute Gasteiger partial charge is 0.143 e. The van der Waals surface area contributed by atoms with Crippen molar-refractivity contribution in [1.29, 1.82) is 0 Å². The standard InChI is InChI=1S/C11H12BrClFN/c12-7-4-8(10(13)9(14)5-7)11(6-15)2-1-3-11/h4-5H,1-3,6,15H2. The van der Waals surface area contributed by atoms with Crippen molar-refractivity contribution in [3.05, 3.63) is 33.0 Å². The number of hydrogen-bond donors (Lipinski definition) is 1. The first-order valence-corrected chi connectivity index (χ1v) is 6.11. The molecule has 15 heavy (non-hydrogen) atoms. The normalized spacial score (nSPS) is 18.7. The maximum absolute atomic E-state index is 13.5. The van der Waals surface area contributed by atoms with E-state index in [1.54, 1.807) is 0 Å². The third-order valence-corrected chi connectivity index (χ3v) is 4.11. The van der Waals surface area contributed by atoms with Gasteiger partial charge >= 0.3 is 0 Å². The molecule has 2 N–H and O–H groups in total. The highest BCUT2D eigenvalue weighted by atomic mass is 79.9. The topological polar surface area (TPSA) is 26.0 Å². The van der Waals surface area contributed by atoms with Crippen molar-refractivity contribution in [3.63, 3.8) is 0 Å². The molecule has 1 aromatic carbocycles. The zero-order valence-corrected chi connectivity index (χ0v) is 10.5. The Kier molecular flexibility index (Phi) is 3.06. The first-order chi connectivity index (χ1) is 7.09. The summed E-state index contributed by atoms with van der Waals surface area (Å²) in [4.78, 5) is 0. The molecule has 0 spiro atoms. The van der Waals surface area contributed by atoms with Crippen molar-refractivity contribution in [3.8, 4) is 0 Å². The van der Waals surface area contributed by atoms with Crippen LogP contribution in [-0.2, 0) is 5.41 Å². The van der Waals surface area contributed by atoms with Gasteiger partial charge < -0.3 is 5.73 Å². The van der Waals surface area contributed by atoms with Crippen LogP contribution in [0.3, 0.4) is 0 Å². The van der Waals surface area contributed by atoms with Gasteiger partial charge in [-0.2, -0.15) is 0 Å². The van der Waals surface area contributed by atoms with E-state index in [0.29, 0.717) is 6.54 Å². The van der Waals surface area contributed by atoms with Gasteiger partial charge in [0.1, 0.15) is 5.82 Å². The van der Waals surface area contributed by atoms with E-state index < -0.39 is 0 Å². The van der Waals surface area contributed by atoms with E-state index in [1.165, 1.54) is 6.07 Å². The summed E-state index contributed by atoms with van der Waals surface area (Å²) in [6.45, 7) is 0.530. The number of benzene rings is 1. The van der Waals surface area contributed by atoms with E-state index >= 15 is 0 Å². The minimum atomic E-state index is -0.374. The lowest BCUT2D eigenvalue weighted by molar-refractivity contribution is 0.252. The number of nitrogens with two attached hydrogens (primary N) is 1. The van der Waals surface area contributed by atoms with Crippen LogP contribution in [0.4, 0.5) is 4.39 Å². The Labute approximate surface area is 102 Å². The van der Waals surface area contributed by atoms with Gasteiger partial charge in [0, 0.05) is 16.4 Å². The second-order valence-electron chi connectivity index (χ2n) is 4.09. The van der Waals surface area contributed by atoms with E-state index in [2.05, 4.69) is 15.9 Å². The zero-order chi connectivity index (χ0) is 11.1. The Morgan fingerprint density at radius 2 is 2.13 bits per heavy atom. The van der Waals surface area contributed by atoms with Gasteiger partial charge in [0.05, 0.1) is 5.02 Å². The second-order valence-corrected chi connectivity index (χ2v) is 5.38. The lowest BCUT2D eigenvalue weighted by atomic mass is 9.64. The Balaban J connectivity index is 2.51. The van der Waals surface area contributed by atoms with Gasteiger partial charge in [-0.25, -0.2) is 4.39 Å². The van der Waals surface area contributed by atoms with Crippen LogP contribution >= 0.6 is 27.5 Å². The Bertz CT molecular complexity index is 385. The molecule has 0 heterocycles. The average Bonchev–Trinajstić information content (AvgIpc) is 2.12. The van der Waals surface area contributed by atoms with Crippen molar-refractivity contribution in [2.45, 2.75) is 24.7 Å². The molecule has 1 saturated carbocycles. The summed E-state index contributed by atoms with van der Waals surface area (Å²) in [6.07, 6.45) is 3.14. The second kappa shape index (κ2) is 4.04. The van der Waals surface area contributed by atoms with Crippen LogP contribution in [0.1, 0.15) is 24.8 Å². The Morgan fingerprint density at radius 1 is 1.47 bits per heavy atom. The molecule has 1 fully saturated rings. The average molecular weight is 293 g/mol. The monoisotopic (exact) mass is 291 g/mol. The molecule has 0 radical (unpaired) electrons. The highest BCUT2D eigenvalue weighted by Gasteiger charge is 2.39. The van der Waals surface area contributed by atoms with Crippen molar-refractivity contribution < 1.29 is 4.39 Å². The molecule has 2 rings (SSSR count). The van der Waals surface area contributed by atoms with Crippen LogP contribution in [0.5, 0.6) is 0 Å². The first kappa shape index (κ1) is 11.4. The lowest BCUT2D eigenvalue weighted by Crippen LogP contribution is -2.41. The van der Waals surface area contributed by atoms with E-state index in [9.17, 15) is 4.39 Å². The summed E-state index contributed by atoms with van der Waals surface area (Å²) >= 11 is 9.27. The van der Waals surface area contributed by atoms with Crippen molar-refractivity contribution in [2.24, 2.45) is 5.73 Å². The Morgan fingerprint density at radius 3 is 2.60 bits per heavy atom. The SMILES string of the molecule is NCC1(c2cc(Br)cc(F)c2Cl)CCC1.